The third-order valence-electron chi connectivity index (χ3n) is 8.77. The van der Waals surface area contributed by atoms with Gasteiger partial charge in [-0.25, -0.2) is 0 Å². The summed E-state index contributed by atoms with van der Waals surface area (Å²) in [4.78, 5) is 21.9. The first-order valence-electron chi connectivity index (χ1n) is 15.5. The van der Waals surface area contributed by atoms with Gasteiger partial charge in [-0.3, -0.25) is 15.1 Å². The van der Waals surface area contributed by atoms with Crippen molar-refractivity contribution in [2.45, 2.75) is 35.7 Å². The average molecular weight is 663 g/mol. The van der Waals surface area contributed by atoms with Gasteiger partial charge in [0.2, 0.25) is 0 Å². The Balaban J connectivity index is 1.21. The van der Waals surface area contributed by atoms with E-state index in [1.54, 1.807) is 23.9 Å². The Hall–Kier alpha value is -4.71. The molecule has 0 radical (unpaired) electrons. The molecule has 1 N–H and O–H groups in total. The Morgan fingerprint density at radius 3 is 2.17 bits per heavy atom. The number of aromatic nitrogens is 2. The van der Waals surface area contributed by atoms with Gasteiger partial charge in [-0.15, -0.1) is 0 Å². The summed E-state index contributed by atoms with van der Waals surface area (Å²) in [6.45, 7) is 7.65. The Labute approximate surface area is 283 Å². The van der Waals surface area contributed by atoms with Crippen LogP contribution in [0.4, 0.5) is 17.1 Å². The first-order valence-corrected chi connectivity index (χ1v) is 16.7. The maximum absolute atomic E-state index is 11.1. The smallest absolute Gasteiger partial charge is 0.269 e. The number of benzene rings is 3. The highest BCUT2D eigenvalue weighted by molar-refractivity contribution is 7.99. The summed E-state index contributed by atoms with van der Waals surface area (Å²) in [5.74, 6) is 0. The van der Waals surface area contributed by atoms with E-state index in [0.29, 0.717) is 5.11 Å². The molecule has 2 aliphatic rings. The lowest BCUT2D eigenvalue weighted by Crippen LogP contribution is -2.36. The van der Waals surface area contributed by atoms with Crippen molar-refractivity contribution in [2.75, 3.05) is 36.1 Å². The van der Waals surface area contributed by atoms with Gasteiger partial charge in [0, 0.05) is 69.7 Å². The number of nitro benzene ring substituents is 1. The molecule has 0 bridgehead atoms. The molecule has 47 heavy (non-hydrogen) atoms. The van der Waals surface area contributed by atoms with Crippen LogP contribution in [-0.4, -0.2) is 45.9 Å². The van der Waals surface area contributed by atoms with E-state index in [-0.39, 0.29) is 22.7 Å². The van der Waals surface area contributed by atoms with Crippen LogP contribution in [0, 0.1) is 24.0 Å². The molecule has 2 aliphatic heterocycles. The number of ether oxygens (including phenoxy) is 1. The minimum absolute atomic E-state index is 0.0811. The van der Waals surface area contributed by atoms with Crippen molar-refractivity contribution in [2.24, 2.45) is 0 Å². The number of thiocarbonyl (C=S) groups is 1. The summed E-state index contributed by atoms with van der Waals surface area (Å²) in [7, 11) is 0. The number of nitrogens with one attached hydrogen (secondary N) is 1. The van der Waals surface area contributed by atoms with Gasteiger partial charge in [-0.1, -0.05) is 17.8 Å². The average Bonchev–Trinajstić information content (AvgIpc) is 3.60. The highest BCUT2D eigenvalue weighted by Crippen LogP contribution is 2.44. The molecule has 9 nitrogen and oxygen atoms in total. The molecule has 2 fully saturated rings. The zero-order chi connectivity index (χ0) is 32.5. The summed E-state index contributed by atoms with van der Waals surface area (Å²) < 4.78 is 7.85. The zero-order valence-electron chi connectivity index (χ0n) is 26.1. The first-order chi connectivity index (χ1) is 22.9. The van der Waals surface area contributed by atoms with Crippen molar-refractivity contribution in [3.8, 4) is 5.69 Å². The Morgan fingerprint density at radius 1 is 0.894 bits per heavy atom. The quantitative estimate of drug-likeness (QED) is 0.103. The van der Waals surface area contributed by atoms with Crippen molar-refractivity contribution in [3.05, 3.63) is 136 Å². The van der Waals surface area contributed by atoms with Gasteiger partial charge < -0.3 is 24.4 Å². The number of hydrogen-bond donors (Lipinski definition) is 1. The monoisotopic (exact) mass is 662 g/mol. The normalized spacial score (nSPS) is 18.0. The lowest BCUT2D eigenvalue weighted by Gasteiger charge is -2.29. The molecule has 2 saturated heterocycles. The van der Waals surface area contributed by atoms with Crippen molar-refractivity contribution in [3.63, 3.8) is 0 Å². The molecule has 7 rings (SSSR count). The lowest BCUT2D eigenvalue weighted by atomic mass is 9.96. The molecule has 5 aromatic rings. The Kier molecular flexibility index (Phi) is 8.68. The van der Waals surface area contributed by atoms with E-state index < -0.39 is 0 Å². The minimum atomic E-state index is -0.384. The fourth-order valence-electron chi connectivity index (χ4n) is 6.51. The van der Waals surface area contributed by atoms with Crippen LogP contribution >= 0.6 is 24.0 Å². The molecule has 2 aromatic heterocycles. The Bertz CT molecular complexity index is 1890. The second kappa shape index (κ2) is 13.2. The number of morpholine rings is 1. The van der Waals surface area contributed by atoms with Gasteiger partial charge in [-0.2, -0.15) is 0 Å². The molecule has 0 amide bonds. The van der Waals surface area contributed by atoms with E-state index in [2.05, 4.69) is 88.1 Å². The number of rotatable bonds is 8. The van der Waals surface area contributed by atoms with Crippen LogP contribution in [0.2, 0.25) is 0 Å². The molecule has 2 atom stereocenters. The number of nitrogens with zero attached hydrogens (tertiary/aromatic N) is 5. The van der Waals surface area contributed by atoms with Crippen LogP contribution in [0.25, 0.3) is 5.69 Å². The van der Waals surface area contributed by atoms with Gasteiger partial charge in [0.1, 0.15) is 0 Å². The number of aryl methyl sites for hydroxylation is 1. The van der Waals surface area contributed by atoms with E-state index in [1.165, 1.54) is 23.4 Å². The van der Waals surface area contributed by atoms with Gasteiger partial charge in [-0.05, 0) is 110 Å². The SMILES string of the molecule is Cc1cc([C@@H]2[C@H](c3ccccn3)NC(=S)N2c2ccc(Sc3ccc([N+](=O)[O-])cc3)cc2)c(C)n1-c1ccc(N2CCOCC2)cc1. The predicted octanol–water partition coefficient (Wildman–Crippen LogP) is 7.56. The summed E-state index contributed by atoms with van der Waals surface area (Å²) in [5, 5.41) is 15.3. The van der Waals surface area contributed by atoms with Gasteiger partial charge in [0.05, 0.1) is 35.9 Å². The number of non-ortho nitro benzene ring substituents is 1. The molecule has 0 saturated carbocycles. The van der Waals surface area contributed by atoms with Crippen LogP contribution in [0.1, 0.15) is 34.7 Å². The van der Waals surface area contributed by atoms with Crippen molar-refractivity contribution >= 4 is 46.2 Å². The first kappa shape index (κ1) is 30.9. The molecule has 3 aromatic carbocycles. The highest BCUT2D eigenvalue weighted by Gasteiger charge is 2.42. The largest absolute Gasteiger partial charge is 0.378 e. The topological polar surface area (TPSA) is 88.7 Å². The van der Waals surface area contributed by atoms with Gasteiger partial charge in [0.15, 0.2) is 5.11 Å². The Morgan fingerprint density at radius 2 is 1.53 bits per heavy atom. The fraction of sp³-hybridized carbons (Fsp3) is 0.222. The molecule has 0 spiro atoms. The zero-order valence-corrected chi connectivity index (χ0v) is 27.7. The van der Waals surface area contributed by atoms with Gasteiger partial charge in [0.25, 0.3) is 5.69 Å². The second-order valence-electron chi connectivity index (χ2n) is 11.6. The van der Waals surface area contributed by atoms with Crippen LogP contribution in [0.3, 0.4) is 0 Å². The summed E-state index contributed by atoms with van der Waals surface area (Å²) >= 11 is 7.56. The van der Waals surface area contributed by atoms with Crippen LogP contribution < -0.4 is 15.1 Å². The summed E-state index contributed by atoms with van der Waals surface area (Å²) in [6, 6.07) is 31.6. The third kappa shape index (κ3) is 6.21. The summed E-state index contributed by atoms with van der Waals surface area (Å²) in [6.07, 6.45) is 1.82. The lowest BCUT2D eigenvalue weighted by molar-refractivity contribution is -0.384. The van der Waals surface area contributed by atoms with Crippen molar-refractivity contribution < 1.29 is 9.66 Å². The van der Waals surface area contributed by atoms with E-state index in [1.807, 2.05) is 24.4 Å². The predicted molar refractivity (Wildman–Crippen MR) is 190 cm³/mol. The van der Waals surface area contributed by atoms with Crippen molar-refractivity contribution in [1.29, 1.82) is 0 Å². The second-order valence-corrected chi connectivity index (χ2v) is 13.2. The molecule has 0 unspecified atom stereocenters. The van der Waals surface area contributed by atoms with Crippen LogP contribution in [0.5, 0.6) is 0 Å². The van der Waals surface area contributed by atoms with E-state index in [9.17, 15) is 10.1 Å². The number of anilines is 2. The van der Waals surface area contributed by atoms with Gasteiger partial charge >= 0.3 is 0 Å². The molecule has 0 aliphatic carbocycles. The molecule has 11 heteroatoms. The third-order valence-corrected chi connectivity index (χ3v) is 10.1. The highest BCUT2D eigenvalue weighted by atomic mass is 32.2. The summed E-state index contributed by atoms with van der Waals surface area (Å²) in [5.41, 5.74) is 7.76. The van der Waals surface area contributed by atoms with Crippen LogP contribution in [0.15, 0.2) is 113 Å². The van der Waals surface area contributed by atoms with E-state index in [4.69, 9.17) is 21.9 Å². The molecular formula is C36H34N6O3S2. The molecule has 4 heterocycles. The number of pyridine rings is 1. The maximum Gasteiger partial charge on any atom is 0.269 e. The van der Waals surface area contributed by atoms with E-state index >= 15 is 0 Å². The maximum atomic E-state index is 11.1. The van der Waals surface area contributed by atoms with E-state index in [0.717, 1.165) is 64.6 Å². The fourth-order valence-corrected chi connectivity index (χ4v) is 7.68. The van der Waals surface area contributed by atoms with Crippen molar-refractivity contribution in [1.82, 2.24) is 14.9 Å². The molecular weight excluding hydrogens is 629 g/mol. The molecule has 238 valence electrons. The number of nitro groups is 1. The van der Waals surface area contributed by atoms with Crippen LogP contribution in [-0.2, 0) is 4.74 Å². The number of hydrogen-bond acceptors (Lipinski definition) is 7. The standard InChI is InChI=1S/C36H34N6O3S2/c1-24-23-32(25(2)40(24)27-8-6-26(7-9-27)39-19-21-45-22-20-39)35-34(33-5-3-4-18-37-33)38-36(46)41(35)28-10-14-30(15-11-28)47-31-16-12-29(13-17-31)42(43)44/h3-18,23,34-35H,19-22H2,1-2H3,(H,38,46)/t34-,35+/m0/s1. The minimum Gasteiger partial charge on any atom is -0.378 e.